The summed E-state index contributed by atoms with van der Waals surface area (Å²) in [7, 11) is -10.9. The van der Waals surface area contributed by atoms with Crippen molar-refractivity contribution in [2.75, 3.05) is 25.6 Å². The van der Waals surface area contributed by atoms with Crippen molar-refractivity contribution >= 4 is 33.4 Å². The van der Waals surface area contributed by atoms with Crippen LogP contribution in [0.3, 0.4) is 0 Å². The van der Waals surface area contributed by atoms with Crippen LogP contribution in [0, 0.1) is 5.92 Å². The Hall–Kier alpha value is -3.32. The van der Waals surface area contributed by atoms with Gasteiger partial charge in [0.15, 0.2) is 12.3 Å². The van der Waals surface area contributed by atoms with Crippen LogP contribution in [0.15, 0.2) is 65.7 Å². The summed E-state index contributed by atoms with van der Waals surface area (Å²) in [6.07, 6.45) is 39.2. The van der Waals surface area contributed by atoms with E-state index >= 15 is 0 Å². The van der Waals surface area contributed by atoms with Crippen LogP contribution in [0.5, 0.6) is 0 Å². The van der Waals surface area contributed by atoms with Crippen LogP contribution in [0.25, 0.3) is 0 Å². The number of nitrogen functional groups attached to an aromatic ring is 1. The van der Waals surface area contributed by atoms with Gasteiger partial charge in [-0.2, -0.15) is 9.29 Å². The van der Waals surface area contributed by atoms with Crippen molar-refractivity contribution in [1.29, 1.82) is 0 Å². The summed E-state index contributed by atoms with van der Waals surface area (Å²) in [5.74, 6) is -0.557. The minimum absolute atomic E-state index is 0.0842. The number of carbonyl (C=O) groups excluding carboxylic acids is 2. The number of allylic oxidation sites excluding steroid dienone is 6. The van der Waals surface area contributed by atoms with Crippen molar-refractivity contribution in [2.24, 2.45) is 5.92 Å². The monoisotopic (exact) mass is 1140 g/mol. The highest BCUT2D eigenvalue weighted by atomic mass is 31.3. The van der Waals surface area contributed by atoms with E-state index < -0.39 is 89.8 Å². The number of phosphoric ester groups is 2. The summed E-state index contributed by atoms with van der Waals surface area (Å²) in [6.45, 7) is 4.40. The van der Waals surface area contributed by atoms with Crippen molar-refractivity contribution in [3.63, 3.8) is 0 Å². The molecule has 0 amide bonds. The molecule has 1 aliphatic rings. The van der Waals surface area contributed by atoms with Gasteiger partial charge >= 0.3 is 33.3 Å². The highest BCUT2D eigenvalue weighted by Gasteiger charge is 2.46. The summed E-state index contributed by atoms with van der Waals surface area (Å²) in [4.78, 5) is 62.1. The molecule has 0 aromatic carbocycles. The third-order valence-electron chi connectivity index (χ3n) is 13.5. The Morgan fingerprint density at radius 3 is 1.92 bits per heavy atom. The van der Waals surface area contributed by atoms with Gasteiger partial charge in [-0.3, -0.25) is 23.2 Å². The molecule has 1 aromatic rings. The normalized spacial score (nSPS) is 19.7. The number of unbranched alkanes of at least 4 members (excludes halogenated alkanes) is 21. The molecule has 2 rings (SSSR count). The van der Waals surface area contributed by atoms with Gasteiger partial charge in [0.2, 0.25) is 0 Å². The molecule has 1 fully saturated rings. The maximum atomic E-state index is 12.9. The molecule has 0 spiro atoms. The zero-order valence-electron chi connectivity index (χ0n) is 47.2. The Kier molecular flexibility index (Phi) is 39.4. The third-order valence-corrected chi connectivity index (χ3v) is 16.1. The standard InChI is InChI=1S/C57H99N3O16P2/c1-4-6-7-8-9-20-24-28-33-38-48(61)39-34-29-26-31-36-41-53(63)74-49(44-71-52(62)40-35-30-25-22-19-17-15-13-11-10-12-14-16-18-21-23-27-32-37-47(3)5-2)45-72-77(67,68)76-78(69,70)73-46-50-54(64)55(65)56(75-50)60-43-42-51(58)59-57(60)66/h9,20,26,28-29,33-34,39,42-43,47-50,54-56,61,64-65H,4-8,10-19,21-25,27,30-32,35-38,40-41,44-46H2,1-3H3,(H,67,68)(H,69,70)(H2,58,59,66)/b20-9-,29-26+,33-28-,39-34-/t47?,48?,49-,50-,54-,55-,56-/m1/s1. The quantitative estimate of drug-likeness (QED) is 0.0116. The lowest BCUT2D eigenvalue weighted by Crippen LogP contribution is -2.36. The Labute approximate surface area is 465 Å². The van der Waals surface area contributed by atoms with Gasteiger partial charge in [-0.1, -0.05) is 204 Å². The predicted molar refractivity (Wildman–Crippen MR) is 304 cm³/mol. The lowest BCUT2D eigenvalue weighted by Gasteiger charge is -2.21. The molecule has 2 heterocycles. The van der Waals surface area contributed by atoms with Gasteiger partial charge in [-0.15, -0.1) is 0 Å². The van der Waals surface area contributed by atoms with Crippen LogP contribution in [0.2, 0.25) is 0 Å². The number of rotatable bonds is 48. The molecule has 78 heavy (non-hydrogen) atoms. The maximum absolute atomic E-state index is 12.9. The molecule has 0 radical (unpaired) electrons. The van der Waals surface area contributed by atoms with Crippen molar-refractivity contribution in [1.82, 2.24) is 9.55 Å². The van der Waals surface area contributed by atoms with Crippen molar-refractivity contribution in [3.8, 4) is 0 Å². The van der Waals surface area contributed by atoms with E-state index in [1.165, 1.54) is 122 Å². The predicted octanol–water partition coefficient (Wildman–Crippen LogP) is 12.1. The van der Waals surface area contributed by atoms with Gasteiger partial charge < -0.3 is 45.1 Å². The van der Waals surface area contributed by atoms with Crippen molar-refractivity contribution < 1.29 is 71.4 Å². The van der Waals surface area contributed by atoms with Crippen LogP contribution in [-0.2, 0) is 46.3 Å². The molecule has 0 aliphatic carbocycles. The number of hydrogen-bond acceptors (Lipinski definition) is 16. The van der Waals surface area contributed by atoms with E-state index in [-0.39, 0.29) is 18.7 Å². The first-order valence-electron chi connectivity index (χ1n) is 29.2. The molecule has 1 aromatic heterocycles. The second-order valence-corrected chi connectivity index (χ2v) is 23.6. The number of anilines is 1. The lowest BCUT2D eigenvalue weighted by molar-refractivity contribution is -0.161. The molecule has 0 bridgehead atoms. The van der Waals surface area contributed by atoms with Crippen LogP contribution in [0.4, 0.5) is 5.82 Å². The number of hydrogen-bond donors (Lipinski definition) is 6. The molecule has 9 atom stereocenters. The Bertz CT molecular complexity index is 2030. The first-order chi connectivity index (χ1) is 37.5. The van der Waals surface area contributed by atoms with E-state index in [1.54, 1.807) is 18.2 Å². The smallest absolute Gasteiger partial charge is 0.462 e. The fourth-order valence-corrected chi connectivity index (χ4v) is 10.7. The van der Waals surface area contributed by atoms with E-state index in [1.807, 2.05) is 18.2 Å². The second kappa shape index (κ2) is 43.4. The number of phosphoric acid groups is 2. The topological polar surface area (TPSA) is 286 Å². The molecule has 7 N–H and O–H groups in total. The number of esters is 2. The first kappa shape index (κ1) is 70.8. The number of nitrogens with zero attached hydrogens (tertiary/aromatic N) is 2. The fourth-order valence-electron chi connectivity index (χ4n) is 8.60. The first-order valence-corrected chi connectivity index (χ1v) is 32.1. The summed E-state index contributed by atoms with van der Waals surface area (Å²) in [5, 5.41) is 31.2. The van der Waals surface area contributed by atoms with Gasteiger partial charge in [0, 0.05) is 19.0 Å². The van der Waals surface area contributed by atoms with E-state index in [0.717, 1.165) is 55.2 Å². The highest BCUT2D eigenvalue weighted by Crippen LogP contribution is 2.60. The molecule has 21 heteroatoms. The SMILES string of the molecule is CCCCC/C=C\C/C=C\CC(O)/C=C\C=C\CCCC(=O)O[C@H](COC(=O)CCCCCCCCCCCCCCCCCCCCC(C)CC)COP(=O)(O)OP(=O)(O)OC[C@H]1O[C@@H](n2ccc(N)nc2=O)[C@H](O)[C@@H]1O. The zero-order chi connectivity index (χ0) is 57.3. The summed E-state index contributed by atoms with van der Waals surface area (Å²) < 4.78 is 56.9. The van der Waals surface area contributed by atoms with Gasteiger partial charge in [0.1, 0.15) is 30.7 Å². The molecule has 1 aliphatic heterocycles. The van der Waals surface area contributed by atoms with Crippen LogP contribution in [0.1, 0.15) is 220 Å². The lowest BCUT2D eigenvalue weighted by atomic mass is 9.99. The molecule has 0 saturated carbocycles. The number of carbonyl (C=O) groups is 2. The third kappa shape index (κ3) is 35.4. The summed E-state index contributed by atoms with van der Waals surface area (Å²) in [6, 6.07) is 1.24. The van der Waals surface area contributed by atoms with E-state index in [0.29, 0.717) is 25.7 Å². The average molecular weight is 1140 g/mol. The average Bonchev–Trinajstić information content (AvgIpc) is 3.72. The Morgan fingerprint density at radius 2 is 1.31 bits per heavy atom. The maximum Gasteiger partial charge on any atom is 0.481 e. The van der Waals surface area contributed by atoms with Crippen LogP contribution in [-0.4, -0.2) is 96.9 Å². The minimum Gasteiger partial charge on any atom is -0.462 e. The second-order valence-electron chi connectivity index (χ2n) is 20.6. The highest BCUT2D eigenvalue weighted by molar-refractivity contribution is 7.61. The zero-order valence-corrected chi connectivity index (χ0v) is 49.0. The number of aliphatic hydroxyl groups excluding tert-OH is 3. The van der Waals surface area contributed by atoms with E-state index in [9.17, 15) is 48.6 Å². The molecule has 1 saturated heterocycles. The molecule has 19 nitrogen and oxygen atoms in total. The van der Waals surface area contributed by atoms with Gasteiger partial charge in [0.25, 0.3) is 0 Å². The van der Waals surface area contributed by atoms with E-state index in [4.69, 9.17) is 29.0 Å². The molecule has 448 valence electrons. The molecular weight excluding hydrogens is 1040 g/mol. The number of aromatic nitrogens is 2. The van der Waals surface area contributed by atoms with Crippen LogP contribution >= 0.6 is 15.6 Å². The minimum atomic E-state index is -5.46. The van der Waals surface area contributed by atoms with E-state index in [2.05, 4.69) is 42.2 Å². The Morgan fingerprint density at radius 1 is 0.731 bits per heavy atom. The number of aliphatic hydroxyl groups is 3. The van der Waals surface area contributed by atoms with Crippen LogP contribution < -0.4 is 11.4 Å². The van der Waals surface area contributed by atoms with Gasteiger partial charge in [0.05, 0.1) is 19.3 Å². The van der Waals surface area contributed by atoms with Gasteiger partial charge in [-0.05, 0) is 56.9 Å². The van der Waals surface area contributed by atoms with Crippen molar-refractivity contribution in [2.45, 2.75) is 250 Å². The summed E-state index contributed by atoms with van der Waals surface area (Å²) >= 11 is 0. The number of nitrogens with two attached hydrogens (primary N) is 1. The van der Waals surface area contributed by atoms with Crippen molar-refractivity contribution in [3.05, 3.63) is 71.4 Å². The van der Waals surface area contributed by atoms with Gasteiger partial charge in [-0.25, -0.2) is 13.9 Å². The summed E-state index contributed by atoms with van der Waals surface area (Å²) in [5.41, 5.74) is 4.59. The number of ether oxygens (including phenoxy) is 3. The largest absolute Gasteiger partial charge is 0.481 e. The molecular formula is C57H99N3O16P2. The molecule has 4 unspecified atom stereocenters. The fraction of sp³-hybridized carbons (Fsp3) is 0.754. The Balaban J connectivity index is 1.78.